The van der Waals surface area contributed by atoms with Crippen molar-refractivity contribution in [3.63, 3.8) is 0 Å². The number of nitrogens with zero attached hydrogens (tertiary/aromatic N) is 1. The van der Waals surface area contributed by atoms with Gasteiger partial charge in [0.05, 0.1) is 13.7 Å². The van der Waals surface area contributed by atoms with Crippen molar-refractivity contribution in [2.24, 2.45) is 5.92 Å². The zero-order valence-electron chi connectivity index (χ0n) is 18.4. The second kappa shape index (κ2) is 7.69. The van der Waals surface area contributed by atoms with Crippen molar-refractivity contribution in [3.05, 3.63) is 34.9 Å². The number of likely N-dealkylation sites (N-methyl/N-ethyl adjacent to an activating group) is 1. The maximum absolute atomic E-state index is 6.54. The lowest BCUT2D eigenvalue weighted by atomic mass is 9.76. The van der Waals surface area contributed by atoms with Crippen molar-refractivity contribution >= 4 is 0 Å². The van der Waals surface area contributed by atoms with Crippen molar-refractivity contribution in [1.82, 2.24) is 4.90 Å². The van der Waals surface area contributed by atoms with Crippen molar-refractivity contribution in [3.8, 4) is 34.1 Å². The maximum Gasteiger partial charge on any atom is 0.231 e. The van der Waals surface area contributed by atoms with Crippen LogP contribution in [0.3, 0.4) is 0 Å². The molecule has 1 atom stereocenters. The van der Waals surface area contributed by atoms with Crippen LogP contribution in [0.25, 0.3) is 11.1 Å². The molecule has 5 rings (SSSR count). The molecule has 0 spiro atoms. The predicted molar refractivity (Wildman–Crippen MR) is 117 cm³/mol. The molecular formula is C25H31NO4. The molecular weight excluding hydrogens is 378 g/mol. The van der Waals surface area contributed by atoms with Gasteiger partial charge in [-0.1, -0.05) is 26.7 Å². The van der Waals surface area contributed by atoms with Crippen molar-refractivity contribution in [2.75, 3.05) is 34.1 Å². The first-order valence-electron chi connectivity index (χ1n) is 11.1. The van der Waals surface area contributed by atoms with E-state index in [-0.39, 0.29) is 6.79 Å². The van der Waals surface area contributed by atoms with E-state index in [0.29, 0.717) is 18.6 Å². The van der Waals surface area contributed by atoms with Crippen LogP contribution in [0.1, 0.15) is 49.4 Å². The van der Waals surface area contributed by atoms with E-state index in [0.717, 1.165) is 55.2 Å². The highest BCUT2D eigenvalue weighted by molar-refractivity contribution is 5.85. The van der Waals surface area contributed by atoms with Gasteiger partial charge < -0.3 is 18.9 Å². The SMILES string of the molecule is CCC(CC)COc1c(OC)cc2c3c1-c1cc4c(cc1C[C@@H]3N(C)CC2)OCO4. The maximum atomic E-state index is 6.54. The number of ether oxygens (including phenoxy) is 4. The van der Waals surface area contributed by atoms with Crippen LogP contribution < -0.4 is 18.9 Å². The largest absolute Gasteiger partial charge is 0.493 e. The van der Waals surface area contributed by atoms with Gasteiger partial charge in [0.2, 0.25) is 6.79 Å². The molecule has 0 unspecified atom stereocenters. The van der Waals surface area contributed by atoms with E-state index >= 15 is 0 Å². The molecule has 1 aliphatic carbocycles. The van der Waals surface area contributed by atoms with Gasteiger partial charge in [-0.15, -0.1) is 0 Å². The molecule has 30 heavy (non-hydrogen) atoms. The summed E-state index contributed by atoms with van der Waals surface area (Å²) in [5.74, 6) is 3.92. The van der Waals surface area contributed by atoms with Gasteiger partial charge in [-0.25, -0.2) is 0 Å². The fraction of sp³-hybridized carbons (Fsp3) is 0.520. The number of benzene rings is 2. The minimum absolute atomic E-state index is 0.288. The predicted octanol–water partition coefficient (Wildman–Crippen LogP) is 4.99. The highest BCUT2D eigenvalue weighted by Gasteiger charge is 2.37. The molecule has 0 radical (unpaired) electrons. The van der Waals surface area contributed by atoms with Gasteiger partial charge in [0.1, 0.15) is 0 Å². The third kappa shape index (κ3) is 3.02. The van der Waals surface area contributed by atoms with E-state index < -0.39 is 0 Å². The third-order valence-corrected chi connectivity index (χ3v) is 7.09. The average molecular weight is 410 g/mol. The molecule has 2 aromatic rings. The Labute approximate surface area is 178 Å². The molecule has 3 aliphatic rings. The van der Waals surface area contributed by atoms with Gasteiger partial charge in [-0.2, -0.15) is 0 Å². The van der Waals surface area contributed by atoms with E-state index in [1.807, 2.05) is 0 Å². The normalized spacial score (nSPS) is 18.9. The summed E-state index contributed by atoms with van der Waals surface area (Å²) in [5.41, 5.74) is 6.45. The number of fused-ring (bicyclic) bond motifs is 3. The molecule has 5 nitrogen and oxygen atoms in total. The first kappa shape index (κ1) is 19.6. The van der Waals surface area contributed by atoms with Crippen LogP contribution >= 0.6 is 0 Å². The first-order valence-corrected chi connectivity index (χ1v) is 11.1. The van der Waals surface area contributed by atoms with Crippen molar-refractivity contribution in [1.29, 1.82) is 0 Å². The fourth-order valence-electron chi connectivity index (χ4n) is 5.11. The third-order valence-electron chi connectivity index (χ3n) is 7.09. The van der Waals surface area contributed by atoms with Gasteiger partial charge in [0.15, 0.2) is 23.0 Å². The Morgan fingerprint density at radius 2 is 1.87 bits per heavy atom. The summed E-state index contributed by atoms with van der Waals surface area (Å²) in [7, 11) is 3.97. The van der Waals surface area contributed by atoms with Crippen molar-refractivity contribution < 1.29 is 18.9 Å². The van der Waals surface area contributed by atoms with E-state index in [9.17, 15) is 0 Å². The minimum atomic E-state index is 0.288. The Bertz CT molecular complexity index is 966. The molecule has 5 heteroatoms. The fourth-order valence-corrected chi connectivity index (χ4v) is 5.11. The summed E-state index contributed by atoms with van der Waals surface area (Å²) >= 11 is 0. The summed E-state index contributed by atoms with van der Waals surface area (Å²) in [6.45, 7) is 6.50. The van der Waals surface area contributed by atoms with E-state index in [4.69, 9.17) is 18.9 Å². The Hall–Kier alpha value is -2.40. The molecule has 2 aliphatic heterocycles. The summed E-state index contributed by atoms with van der Waals surface area (Å²) in [6.07, 6.45) is 4.22. The van der Waals surface area contributed by atoms with E-state index in [1.165, 1.54) is 27.8 Å². The van der Waals surface area contributed by atoms with Gasteiger partial charge in [0, 0.05) is 18.2 Å². The summed E-state index contributed by atoms with van der Waals surface area (Å²) < 4.78 is 23.8. The smallest absolute Gasteiger partial charge is 0.231 e. The average Bonchev–Trinajstić information content (AvgIpc) is 3.22. The Balaban J connectivity index is 1.71. The molecule has 0 aromatic heterocycles. The molecule has 160 valence electrons. The van der Waals surface area contributed by atoms with Crippen LogP contribution in [0.15, 0.2) is 18.2 Å². The van der Waals surface area contributed by atoms with Crippen LogP contribution in [0.5, 0.6) is 23.0 Å². The monoisotopic (exact) mass is 409 g/mol. The Morgan fingerprint density at radius 3 is 2.60 bits per heavy atom. The number of methoxy groups -OCH3 is 1. The Kier molecular flexibility index (Phi) is 5.02. The van der Waals surface area contributed by atoms with Gasteiger partial charge in [-0.05, 0) is 66.3 Å². The molecule has 0 bridgehead atoms. The van der Waals surface area contributed by atoms with Gasteiger partial charge >= 0.3 is 0 Å². The van der Waals surface area contributed by atoms with Crippen molar-refractivity contribution in [2.45, 2.75) is 45.6 Å². The minimum Gasteiger partial charge on any atom is -0.493 e. The number of rotatable bonds is 6. The quantitative estimate of drug-likeness (QED) is 0.672. The van der Waals surface area contributed by atoms with Crippen LogP contribution in [0, 0.1) is 5.92 Å². The summed E-state index contributed by atoms with van der Waals surface area (Å²) in [5, 5.41) is 0. The Morgan fingerprint density at radius 1 is 1.10 bits per heavy atom. The standard InChI is InChI=1S/C25H31NO4/c1-5-15(6-2)13-28-25-22(27-4)10-16-7-8-26(3)19-9-17-11-20-21(30-14-29-20)12-18(17)24(25)23(16)19/h10-12,15,19H,5-9,13-14H2,1-4H3/t19-/m0/s1. The zero-order valence-corrected chi connectivity index (χ0v) is 18.4. The van der Waals surface area contributed by atoms with Crippen LogP contribution in [-0.4, -0.2) is 39.0 Å². The second-order valence-corrected chi connectivity index (χ2v) is 8.66. The molecule has 0 saturated heterocycles. The summed E-state index contributed by atoms with van der Waals surface area (Å²) in [6, 6.07) is 6.85. The first-order chi connectivity index (χ1) is 14.6. The number of hydrogen-bond donors (Lipinski definition) is 0. The highest BCUT2D eigenvalue weighted by atomic mass is 16.7. The second-order valence-electron chi connectivity index (χ2n) is 8.66. The van der Waals surface area contributed by atoms with E-state index in [2.05, 4.69) is 44.0 Å². The van der Waals surface area contributed by atoms with Crippen LogP contribution in [0.4, 0.5) is 0 Å². The molecule has 0 amide bonds. The lowest BCUT2D eigenvalue weighted by Gasteiger charge is -2.40. The lowest BCUT2D eigenvalue weighted by molar-refractivity contribution is 0.174. The molecule has 0 fully saturated rings. The van der Waals surface area contributed by atoms with Gasteiger partial charge in [0.25, 0.3) is 0 Å². The molecule has 2 heterocycles. The van der Waals surface area contributed by atoms with E-state index in [1.54, 1.807) is 7.11 Å². The van der Waals surface area contributed by atoms with Crippen LogP contribution in [0.2, 0.25) is 0 Å². The lowest BCUT2D eigenvalue weighted by Crippen LogP contribution is -2.35. The molecule has 0 saturated carbocycles. The molecule has 0 N–H and O–H groups in total. The van der Waals surface area contributed by atoms with Crippen LogP contribution in [-0.2, 0) is 12.8 Å². The summed E-state index contributed by atoms with van der Waals surface area (Å²) in [4.78, 5) is 2.47. The topological polar surface area (TPSA) is 40.2 Å². The number of hydrogen-bond acceptors (Lipinski definition) is 5. The zero-order chi connectivity index (χ0) is 20.8. The highest BCUT2D eigenvalue weighted by Crippen LogP contribution is 2.54. The molecule has 2 aromatic carbocycles. The van der Waals surface area contributed by atoms with Gasteiger partial charge in [-0.3, -0.25) is 4.90 Å².